The zero-order chi connectivity index (χ0) is 14.6. The summed E-state index contributed by atoms with van der Waals surface area (Å²) < 4.78 is 26.9. The van der Waals surface area contributed by atoms with Gasteiger partial charge in [-0.05, 0) is 36.8 Å². The van der Waals surface area contributed by atoms with Crippen LogP contribution >= 0.6 is 11.3 Å². The Hall–Kier alpha value is -1.22. The molecule has 2 aromatic rings. The first-order valence-electron chi connectivity index (χ1n) is 6.29. The summed E-state index contributed by atoms with van der Waals surface area (Å²) in [5.41, 5.74) is 7.67. The van der Waals surface area contributed by atoms with Crippen molar-refractivity contribution in [1.29, 1.82) is 0 Å². The number of aromatic nitrogens is 2. The van der Waals surface area contributed by atoms with Crippen LogP contribution in [0.2, 0.25) is 0 Å². The highest BCUT2D eigenvalue weighted by molar-refractivity contribution is 7.89. The van der Waals surface area contributed by atoms with Gasteiger partial charge in [-0.2, -0.15) is 5.10 Å². The molecule has 0 fully saturated rings. The third-order valence-electron chi connectivity index (χ3n) is 3.03. The molecule has 2 heterocycles. The van der Waals surface area contributed by atoms with E-state index in [9.17, 15) is 8.42 Å². The molecule has 0 aromatic carbocycles. The number of thiophene rings is 1. The van der Waals surface area contributed by atoms with E-state index >= 15 is 0 Å². The fourth-order valence-corrected chi connectivity index (χ4v) is 4.32. The molecule has 8 heteroatoms. The first-order chi connectivity index (χ1) is 9.54. The molecule has 0 aliphatic heterocycles. The van der Waals surface area contributed by atoms with Crippen molar-refractivity contribution in [2.45, 2.75) is 31.2 Å². The minimum absolute atomic E-state index is 0.238. The summed E-state index contributed by atoms with van der Waals surface area (Å²) >= 11 is 1.36. The predicted molar refractivity (Wildman–Crippen MR) is 79.0 cm³/mol. The first kappa shape index (κ1) is 15.2. The van der Waals surface area contributed by atoms with Crippen LogP contribution in [0, 0.1) is 6.92 Å². The van der Waals surface area contributed by atoms with Gasteiger partial charge in [0.25, 0.3) is 0 Å². The molecular formula is C12H18N4O2S2. The molecule has 0 atom stereocenters. The molecule has 0 amide bonds. The Kier molecular flexibility index (Phi) is 4.92. The van der Waals surface area contributed by atoms with Crippen molar-refractivity contribution in [3.8, 4) is 0 Å². The van der Waals surface area contributed by atoms with Crippen LogP contribution in [0.3, 0.4) is 0 Å². The number of aromatic amines is 1. The van der Waals surface area contributed by atoms with Gasteiger partial charge < -0.3 is 5.73 Å². The van der Waals surface area contributed by atoms with Crippen LogP contribution < -0.4 is 10.5 Å². The van der Waals surface area contributed by atoms with Crippen LogP contribution in [0.1, 0.15) is 22.6 Å². The number of nitrogens with zero attached hydrogens (tertiary/aromatic N) is 1. The highest BCUT2D eigenvalue weighted by atomic mass is 32.2. The van der Waals surface area contributed by atoms with Crippen molar-refractivity contribution in [3.05, 3.63) is 33.8 Å². The third-order valence-corrected chi connectivity index (χ3v) is 5.65. The standard InChI is InChI=1S/C12H18N4O2S2/c1-9-10(8-14-16-9)3-2-5-15-20(17,18)12-4-6-19-11(12)7-13/h4,6,8,15H,2-3,5,7,13H2,1H3,(H,14,16). The van der Waals surface area contributed by atoms with E-state index in [0.29, 0.717) is 16.3 Å². The van der Waals surface area contributed by atoms with Gasteiger partial charge in [0.1, 0.15) is 0 Å². The van der Waals surface area contributed by atoms with Gasteiger partial charge in [-0.15, -0.1) is 11.3 Å². The summed E-state index contributed by atoms with van der Waals surface area (Å²) in [6.45, 7) is 2.58. The Morgan fingerprint density at radius 3 is 2.95 bits per heavy atom. The molecule has 0 bridgehead atoms. The van der Waals surface area contributed by atoms with Gasteiger partial charge >= 0.3 is 0 Å². The van der Waals surface area contributed by atoms with Crippen LogP contribution in [-0.4, -0.2) is 25.2 Å². The summed E-state index contributed by atoms with van der Waals surface area (Å²) in [4.78, 5) is 0.979. The molecule has 0 saturated heterocycles. The summed E-state index contributed by atoms with van der Waals surface area (Å²) in [6.07, 6.45) is 3.29. The Balaban J connectivity index is 1.89. The number of rotatable bonds is 7. The molecule has 0 spiro atoms. The largest absolute Gasteiger partial charge is 0.326 e. The van der Waals surface area contributed by atoms with Crippen molar-refractivity contribution in [2.75, 3.05) is 6.54 Å². The number of hydrogen-bond donors (Lipinski definition) is 3. The third kappa shape index (κ3) is 3.45. The molecule has 0 aliphatic carbocycles. The molecule has 0 unspecified atom stereocenters. The predicted octanol–water partition coefficient (Wildman–Crippen LogP) is 1.15. The van der Waals surface area contributed by atoms with E-state index < -0.39 is 10.0 Å². The van der Waals surface area contributed by atoms with Gasteiger partial charge in [-0.3, -0.25) is 5.10 Å². The highest BCUT2D eigenvalue weighted by Crippen LogP contribution is 2.21. The van der Waals surface area contributed by atoms with Gasteiger partial charge in [-0.1, -0.05) is 0 Å². The molecule has 6 nitrogen and oxygen atoms in total. The van der Waals surface area contributed by atoms with Gasteiger partial charge in [-0.25, -0.2) is 13.1 Å². The Morgan fingerprint density at radius 2 is 2.30 bits per heavy atom. The topological polar surface area (TPSA) is 101 Å². The van der Waals surface area contributed by atoms with Crippen molar-refractivity contribution >= 4 is 21.4 Å². The zero-order valence-corrected chi connectivity index (χ0v) is 12.9. The second kappa shape index (κ2) is 6.49. The lowest BCUT2D eigenvalue weighted by Crippen LogP contribution is -2.25. The fraction of sp³-hybridized carbons (Fsp3) is 0.417. The number of aryl methyl sites for hydroxylation is 2. The SMILES string of the molecule is Cc1[nH]ncc1CCCNS(=O)(=O)c1ccsc1CN. The van der Waals surface area contributed by atoms with Crippen LogP contribution in [0.15, 0.2) is 22.5 Å². The second-order valence-electron chi connectivity index (χ2n) is 4.43. The fourth-order valence-electron chi connectivity index (χ4n) is 1.91. The van der Waals surface area contributed by atoms with E-state index in [2.05, 4.69) is 14.9 Å². The van der Waals surface area contributed by atoms with Gasteiger partial charge in [0, 0.05) is 23.7 Å². The van der Waals surface area contributed by atoms with Gasteiger partial charge in [0.15, 0.2) is 0 Å². The van der Waals surface area contributed by atoms with Gasteiger partial charge in [0.05, 0.1) is 11.1 Å². The van der Waals surface area contributed by atoms with Crippen molar-refractivity contribution in [2.24, 2.45) is 5.73 Å². The minimum atomic E-state index is -3.45. The molecule has 2 rings (SSSR count). The monoisotopic (exact) mass is 314 g/mol. The van der Waals surface area contributed by atoms with Crippen molar-refractivity contribution < 1.29 is 8.42 Å². The minimum Gasteiger partial charge on any atom is -0.326 e. The summed E-state index contributed by atoms with van der Waals surface area (Å²) in [7, 11) is -3.45. The number of H-pyrrole nitrogens is 1. The average molecular weight is 314 g/mol. The molecule has 2 aromatic heterocycles. The number of sulfonamides is 1. The first-order valence-corrected chi connectivity index (χ1v) is 8.66. The maximum absolute atomic E-state index is 12.1. The smallest absolute Gasteiger partial charge is 0.241 e. The highest BCUT2D eigenvalue weighted by Gasteiger charge is 2.18. The van der Waals surface area contributed by atoms with Gasteiger partial charge in [0.2, 0.25) is 10.0 Å². The molecule has 110 valence electrons. The van der Waals surface area contributed by atoms with Crippen LogP contribution in [-0.2, 0) is 23.0 Å². The Bertz CT molecular complexity index is 661. The lowest BCUT2D eigenvalue weighted by atomic mass is 10.1. The number of nitrogens with two attached hydrogens (primary N) is 1. The van der Waals surface area contributed by atoms with E-state index in [1.54, 1.807) is 17.6 Å². The van der Waals surface area contributed by atoms with Crippen LogP contribution in [0.5, 0.6) is 0 Å². The van der Waals surface area contributed by atoms with Crippen molar-refractivity contribution in [1.82, 2.24) is 14.9 Å². The quantitative estimate of drug-likeness (QED) is 0.667. The Labute approximate surface area is 122 Å². The Morgan fingerprint density at radius 1 is 1.50 bits per heavy atom. The van der Waals surface area contributed by atoms with E-state index in [0.717, 1.165) is 24.1 Å². The van der Waals surface area contributed by atoms with Crippen LogP contribution in [0.25, 0.3) is 0 Å². The molecular weight excluding hydrogens is 296 g/mol. The lowest BCUT2D eigenvalue weighted by Gasteiger charge is -2.06. The maximum atomic E-state index is 12.1. The summed E-state index contributed by atoms with van der Waals surface area (Å²) in [5, 5.41) is 8.54. The summed E-state index contributed by atoms with van der Waals surface area (Å²) in [6, 6.07) is 1.59. The number of hydrogen-bond acceptors (Lipinski definition) is 5. The summed E-state index contributed by atoms with van der Waals surface area (Å²) in [5.74, 6) is 0. The van der Waals surface area contributed by atoms with E-state index in [4.69, 9.17) is 5.73 Å². The second-order valence-corrected chi connectivity index (χ2v) is 7.17. The molecule has 4 N–H and O–H groups in total. The maximum Gasteiger partial charge on any atom is 0.241 e. The van der Waals surface area contributed by atoms with Crippen LogP contribution in [0.4, 0.5) is 0 Å². The van der Waals surface area contributed by atoms with E-state index in [-0.39, 0.29) is 6.54 Å². The average Bonchev–Trinajstić information content (AvgIpc) is 3.03. The molecule has 0 radical (unpaired) electrons. The zero-order valence-electron chi connectivity index (χ0n) is 11.2. The molecule has 0 saturated carbocycles. The lowest BCUT2D eigenvalue weighted by molar-refractivity contribution is 0.578. The van der Waals surface area contributed by atoms with E-state index in [1.165, 1.54) is 11.3 Å². The van der Waals surface area contributed by atoms with Crippen molar-refractivity contribution in [3.63, 3.8) is 0 Å². The molecule has 0 aliphatic rings. The number of nitrogens with one attached hydrogen (secondary N) is 2. The van der Waals surface area contributed by atoms with E-state index in [1.807, 2.05) is 6.92 Å². The molecule has 20 heavy (non-hydrogen) atoms. The normalized spacial score (nSPS) is 11.9.